The molecule has 0 bridgehead atoms. The lowest BCUT2D eigenvalue weighted by molar-refractivity contribution is -0.129. The SMILES string of the molecule is C=CCC\C(=C/C(C=C)=C/C=C/OC)NC(N)NC(=C)/C=C\C(=C)C(=O)N1CCCC(O)C1. The number of allylic oxidation sites excluding steroid dienone is 8. The molecule has 1 aliphatic rings. The van der Waals surface area contributed by atoms with E-state index in [-0.39, 0.29) is 5.91 Å². The first-order valence-corrected chi connectivity index (χ1v) is 11.0. The second kappa shape index (κ2) is 15.5. The van der Waals surface area contributed by atoms with Crippen LogP contribution < -0.4 is 16.4 Å². The zero-order valence-corrected chi connectivity index (χ0v) is 19.6. The molecular formula is C26H38N4O3. The number of carbonyl (C=O) groups excluding carboxylic acids is 1. The number of nitrogens with zero attached hydrogens (tertiary/aromatic N) is 1. The van der Waals surface area contributed by atoms with Gasteiger partial charge in [-0.25, -0.2) is 0 Å². The van der Waals surface area contributed by atoms with E-state index in [0.29, 0.717) is 30.8 Å². The molecule has 0 radical (unpaired) electrons. The molecule has 0 aromatic carbocycles. The number of piperidine rings is 1. The Morgan fingerprint density at radius 1 is 1.30 bits per heavy atom. The number of hydrogen-bond donors (Lipinski definition) is 4. The summed E-state index contributed by atoms with van der Waals surface area (Å²) >= 11 is 0. The molecule has 5 N–H and O–H groups in total. The van der Waals surface area contributed by atoms with E-state index < -0.39 is 12.4 Å². The van der Waals surface area contributed by atoms with Crippen LogP contribution >= 0.6 is 0 Å². The number of hydrogen-bond acceptors (Lipinski definition) is 6. The number of β-amino-alcohol motifs (C(OH)–C–C–N with tert-alkyl or cyclic N) is 1. The fourth-order valence-electron chi connectivity index (χ4n) is 3.15. The summed E-state index contributed by atoms with van der Waals surface area (Å²) in [5, 5.41) is 16.0. The normalized spacial score (nSPS) is 18.2. The van der Waals surface area contributed by atoms with Gasteiger partial charge in [-0.1, -0.05) is 38.0 Å². The van der Waals surface area contributed by atoms with Crippen LogP contribution in [0.25, 0.3) is 0 Å². The third-order valence-corrected chi connectivity index (χ3v) is 4.82. The van der Waals surface area contributed by atoms with Crippen LogP contribution in [0.3, 0.4) is 0 Å². The molecule has 1 fully saturated rings. The van der Waals surface area contributed by atoms with Crippen LogP contribution in [0.15, 0.2) is 97.7 Å². The van der Waals surface area contributed by atoms with Gasteiger partial charge in [0.25, 0.3) is 5.91 Å². The van der Waals surface area contributed by atoms with E-state index in [1.165, 1.54) is 0 Å². The number of rotatable bonds is 14. The van der Waals surface area contributed by atoms with Crippen molar-refractivity contribution in [3.05, 3.63) is 97.7 Å². The minimum atomic E-state index is -0.611. The monoisotopic (exact) mass is 454 g/mol. The Balaban J connectivity index is 2.70. The molecule has 180 valence electrons. The van der Waals surface area contributed by atoms with E-state index in [1.54, 1.807) is 42.6 Å². The van der Waals surface area contributed by atoms with Crippen molar-refractivity contribution in [2.45, 2.75) is 38.1 Å². The van der Waals surface area contributed by atoms with Crippen molar-refractivity contribution in [3.8, 4) is 0 Å². The van der Waals surface area contributed by atoms with Gasteiger partial charge in [0.05, 0.1) is 19.5 Å². The quantitative estimate of drug-likeness (QED) is 0.106. The number of methoxy groups -OCH3 is 1. The third kappa shape index (κ3) is 11.2. The summed E-state index contributed by atoms with van der Waals surface area (Å²) < 4.78 is 4.91. The molecule has 1 saturated heterocycles. The molecule has 0 aromatic heterocycles. The largest absolute Gasteiger partial charge is 0.504 e. The fraction of sp³-hybridized carbons (Fsp3) is 0.346. The highest BCUT2D eigenvalue weighted by Gasteiger charge is 2.22. The molecule has 0 spiro atoms. The Bertz CT molecular complexity index is 823. The van der Waals surface area contributed by atoms with E-state index in [9.17, 15) is 9.90 Å². The van der Waals surface area contributed by atoms with Gasteiger partial charge in [0.2, 0.25) is 0 Å². The van der Waals surface area contributed by atoms with E-state index in [0.717, 1.165) is 30.5 Å². The smallest absolute Gasteiger partial charge is 0.253 e. The Hall–Kier alpha value is -3.29. The fourth-order valence-corrected chi connectivity index (χ4v) is 3.15. The molecule has 1 rings (SSSR count). The summed E-state index contributed by atoms with van der Waals surface area (Å²) in [7, 11) is 1.58. The highest BCUT2D eigenvalue weighted by molar-refractivity contribution is 5.95. The number of nitrogens with two attached hydrogens (primary N) is 1. The predicted octanol–water partition coefficient (Wildman–Crippen LogP) is 3.14. The summed E-state index contributed by atoms with van der Waals surface area (Å²) in [6.07, 6.45) is 15.9. The molecule has 0 aliphatic carbocycles. The van der Waals surface area contributed by atoms with Crippen molar-refractivity contribution in [1.29, 1.82) is 0 Å². The van der Waals surface area contributed by atoms with E-state index in [1.807, 2.05) is 18.2 Å². The van der Waals surface area contributed by atoms with E-state index in [2.05, 4.69) is 36.9 Å². The number of aliphatic hydroxyl groups is 1. The van der Waals surface area contributed by atoms with Crippen LogP contribution in [0.2, 0.25) is 0 Å². The van der Waals surface area contributed by atoms with Crippen LogP contribution in [0.5, 0.6) is 0 Å². The van der Waals surface area contributed by atoms with Crippen LogP contribution in [-0.2, 0) is 9.53 Å². The molecular weight excluding hydrogens is 416 g/mol. The van der Waals surface area contributed by atoms with Crippen molar-refractivity contribution >= 4 is 5.91 Å². The number of aliphatic hydroxyl groups excluding tert-OH is 1. The predicted molar refractivity (Wildman–Crippen MR) is 135 cm³/mol. The van der Waals surface area contributed by atoms with Crippen LogP contribution in [0, 0.1) is 0 Å². The minimum absolute atomic E-state index is 0.193. The Morgan fingerprint density at radius 3 is 2.70 bits per heavy atom. The molecule has 2 unspecified atom stereocenters. The maximum absolute atomic E-state index is 12.5. The van der Waals surface area contributed by atoms with Gasteiger partial charge in [0.1, 0.15) is 6.29 Å². The molecule has 0 saturated carbocycles. The molecule has 7 nitrogen and oxygen atoms in total. The van der Waals surface area contributed by atoms with Crippen LogP contribution in [0.1, 0.15) is 25.7 Å². The van der Waals surface area contributed by atoms with Gasteiger partial charge in [-0.05, 0) is 55.6 Å². The first-order valence-electron chi connectivity index (χ1n) is 11.0. The van der Waals surface area contributed by atoms with Crippen LogP contribution in [-0.4, -0.2) is 48.5 Å². The Morgan fingerprint density at radius 2 is 2.06 bits per heavy atom. The maximum atomic E-state index is 12.5. The highest BCUT2D eigenvalue weighted by Crippen LogP contribution is 2.13. The first kappa shape index (κ1) is 27.7. The topological polar surface area (TPSA) is 99.8 Å². The van der Waals surface area contributed by atoms with Gasteiger partial charge >= 0.3 is 0 Å². The lowest BCUT2D eigenvalue weighted by atomic mass is 10.1. The average Bonchev–Trinajstić information content (AvgIpc) is 2.79. The molecule has 7 heteroatoms. The van der Waals surface area contributed by atoms with Crippen molar-refractivity contribution in [2.75, 3.05) is 20.2 Å². The van der Waals surface area contributed by atoms with Crippen molar-refractivity contribution in [1.82, 2.24) is 15.5 Å². The summed E-state index contributed by atoms with van der Waals surface area (Å²) in [6.45, 7) is 16.3. The molecule has 33 heavy (non-hydrogen) atoms. The summed E-state index contributed by atoms with van der Waals surface area (Å²) in [6, 6.07) is 0. The second-order valence-corrected chi connectivity index (χ2v) is 7.63. The van der Waals surface area contributed by atoms with Gasteiger partial charge in [0.15, 0.2) is 0 Å². The average molecular weight is 455 g/mol. The third-order valence-electron chi connectivity index (χ3n) is 4.82. The number of likely N-dealkylation sites (tertiary alicyclic amines) is 1. The van der Waals surface area contributed by atoms with Crippen molar-refractivity contribution in [2.24, 2.45) is 5.73 Å². The van der Waals surface area contributed by atoms with Gasteiger partial charge in [-0.3, -0.25) is 10.5 Å². The maximum Gasteiger partial charge on any atom is 0.253 e. The van der Waals surface area contributed by atoms with Crippen LogP contribution in [0.4, 0.5) is 0 Å². The number of amides is 1. The van der Waals surface area contributed by atoms with Gasteiger partial charge in [-0.2, -0.15) is 0 Å². The number of carbonyl (C=O) groups is 1. The first-order chi connectivity index (χ1) is 15.8. The summed E-state index contributed by atoms with van der Waals surface area (Å²) in [4.78, 5) is 14.1. The van der Waals surface area contributed by atoms with Gasteiger partial charge in [0, 0.05) is 30.1 Å². The minimum Gasteiger partial charge on any atom is -0.504 e. The zero-order valence-electron chi connectivity index (χ0n) is 19.6. The highest BCUT2D eigenvalue weighted by atomic mass is 16.5. The standard InChI is InChI=1S/C26H38N4O3/c1-6-8-12-23(18-22(7-2)11-10-17-33-5)29-26(27)28-21(4)15-14-20(3)25(32)30-16-9-13-24(31)19-30/h6-7,10-11,14-15,17-18,24,26,28-29,31H,1-4,8-9,12-13,16,19,27H2,5H3/b15-14-,17-10+,22-11+,23-18+. The molecule has 1 aliphatic heterocycles. The number of nitrogens with one attached hydrogen (secondary N) is 2. The molecule has 1 heterocycles. The summed E-state index contributed by atoms with van der Waals surface area (Å²) in [5.74, 6) is -0.193. The lowest BCUT2D eigenvalue weighted by Crippen LogP contribution is -2.48. The summed E-state index contributed by atoms with van der Waals surface area (Å²) in [5.41, 5.74) is 8.82. The molecule has 1 amide bonds. The van der Waals surface area contributed by atoms with Crippen molar-refractivity contribution in [3.63, 3.8) is 0 Å². The van der Waals surface area contributed by atoms with Gasteiger partial charge in [-0.15, -0.1) is 6.58 Å². The van der Waals surface area contributed by atoms with Crippen molar-refractivity contribution < 1.29 is 14.6 Å². The van der Waals surface area contributed by atoms with E-state index >= 15 is 0 Å². The Labute approximate surface area is 198 Å². The molecule has 2 atom stereocenters. The van der Waals surface area contributed by atoms with Gasteiger partial charge < -0.3 is 25.4 Å². The zero-order chi connectivity index (χ0) is 24.6. The molecule has 0 aromatic rings. The lowest BCUT2D eigenvalue weighted by Gasteiger charge is -2.30. The Kier molecular flexibility index (Phi) is 13.0. The second-order valence-electron chi connectivity index (χ2n) is 7.63. The number of ether oxygens (including phenoxy) is 1. The van der Waals surface area contributed by atoms with E-state index in [4.69, 9.17) is 10.5 Å².